The predicted octanol–water partition coefficient (Wildman–Crippen LogP) is 3.47. The summed E-state index contributed by atoms with van der Waals surface area (Å²) in [5, 5.41) is 1.11. The summed E-state index contributed by atoms with van der Waals surface area (Å²) in [6, 6.07) is 1.79. The van der Waals surface area contributed by atoms with E-state index in [9.17, 15) is 0 Å². The molecule has 0 aliphatic carbocycles. The van der Waals surface area contributed by atoms with Crippen LogP contribution in [0.25, 0.3) is 0 Å². The quantitative estimate of drug-likeness (QED) is 0.854. The molecule has 2 aromatic heterocycles. The molecule has 0 atom stereocenters. The van der Waals surface area contributed by atoms with Crippen LogP contribution in [0.4, 0.5) is 5.95 Å². The van der Waals surface area contributed by atoms with Gasteiger partial charge in [0.1, 0.15) is 10.8 Å². The minimum absolute atomic E-state index is 0.507. The molecule has 2 aromatic rings. The molecule has 0 amide bonds. The number of hydrogen-bond acceptors (Lipinski definition) is 5. The molecule has 5 nitrogen and oxygen atoms in total. The number of pyridine rings is 1. The average Bonchev–Trinajstić information content (AvgIpc) is 2.55. The first-order valence-electron chi connectivity index (χ1n) is 7.17. The highest BCUT2D eigenvalue weighted by Gasteiger charge is 2.21. The first kappa shape index (κ1) is 15.3. The molecular formula is C15H16Cl2N4O. The summed E-state index contributed by atoms with van der Waals surface area (Å²) in [6.45, 7) is 2.50. The van der Waals surface area contributed by atoms with Crippen molar-refractivity contribution >= 4 is 29.2 Å². The number of nitrogens with zero attached hydrogens (tertiary/aromatic N) is 4. The molecule has 0 radical (unpaired) electrons. The fourth-order valence-corrected chi connectivity index (χ4v) is 2.73. The van der Waals surface area contributed by atoms with E-state index in [1.54, 1.807) is 30.9 Å². The fraction of sp³-hybridized carbons (Fsp3) is 0.400. The number of halogens is 2. The zero-order chi connectivity index (χ0) is 15.4. The van der Waals surface area contributed by atoms with Crippen LogP contribution in [0, 0.1) is 5.92 Å². The molecule has 1 saturated heterocycles. The highest BCUT2D eigenvalue weighted by molar-refractivity contribution is 6.31. The van der Waals surface area contributed by atoms with Crippen LogP contribution >= 0.6 is 23.2 Å². The van der Waals surface area contributed by atoms with Crippen molar-refractivity contribution in [1.29, 1.82) is 0 Å². The van der Waals surface area contributed by atoms with Gasteiger partial charge in [-0.25, -0.2) is 9.97 Å². The van der Waals surface area contributed by atoms with Gasteiger partial charge in [0.25, 0.3) is 0 Å². The molecule has 22 heavy (non-hydrogen) atoms. The fourth-order valence-electron chi connectivity index (χ4n) is 2.46. The lowest BCUT2D eigenvalue weighted by Crippen LogP contribution is -2.36. The molecular weight excluding hydrogens is 323 g/mol. The van der Waals surface area contributed by atoms with Crippen LogP contribution < -0.4 is 9.64 Å². The maximum atomic E-state index is 6.03. The van der Waals surface area contributed by atoms with Crippen LogP contribution in [0.3, 0.4) is 0 Å². The number of rotatable bonds is 4. The molecule has 1 aliphatic heterocycles. The molecule has 3 heterocycles. The van der Waals surface area contributed by atoms with Crippen molar-refractivity contribution in [2.75, 3.05) is 24.6 Å². The second-order valence-electron chi connectivity index (χ2n) is 5.25. The molecule has 0 bridgehead atoms. The van der Waals surface area contributed by atoms with Gasteiger partial charge in [-0.05, 0) is 18.8 Å². The lowest BCUT2D eigenvalue weighted by atomic mass is 9.98. The van der Waals surface area contributed by atoms with Gasteiger partial charge >= 0.3 is 0 Å². The number of piperidine rings is 1. The normalized spacial score (nSPS) is 15.8. The topological polar surface area (TPSA) is 51.1 Å². The lowest BCUT2D eigenvalue weighted by molar-refractivity contribution is 0.222. The Labute approximate surface area is 139 Å². The molecule has 0 saturated carbocycles. The van der Waals surface area contributed by atoms with E-state index < -0.39 is 0 Å². The van der Waals surface area contributed by atoms with Crippen LogP contribution in [-0.4, -0.2) is 34.6 Å². The van der Waals surface area contributed by atoms with Gasteiger partial charge in [-0.15, -0.1) is 0 Å². The van der Waals surface area contributed by atoms with Crippen molar-refractivity contribution in [3.8, 4) is 5.75 Å². The van der Waals surface area contributed by atoms with E-state index in [2.05, 4.69) is 19.9 Å². The molecule has 0 N–H and O–H groups in total. The van der Waals surface area contributed by atoms with Crippen LogP contribution in [0.5, 0.6) is 5.75 Å². The maximum Gasteiger partial charge on any atom is 0.225 e. The molecule has 0 unspecified atom stereocenters. The van der Waals surface area contributed by atoms with E-state index in [-0.39, 0.29) is 0 Å². The Morgan fingerprint density at radius 1 is 1.14 bits per heavy atom. The molecule has 3 rings (SSSR count). The monoisotopic (exact) mass is 338 g/mol. The van der Waals surface area contributed by atoms with Crippen molar-refractivity contribution in [3.05, 3.63) is 40.9 Å². The summed E-state index contributed by atoms with van der Waals surface area (Å²) in [7, 11) is 0. The third-order valence-corrected chi connectivity index (χ3v) is 4.19. The highest BCUT2D eigenvalue weighted by atomic mass is 35.5. The summed E-state index contributed by atoms with van der Waals surface area (Å²) in [5.41, 5.74) is 0. The van der Waals surface area contributed by atoms with E-state index in [0.717, 1.165) is 31.9 Å². The highest BCUT2D eigenvalue weighted by Crippen LogP contribution is 2.25. The second kappa shape index (κ2) is 7.11. The molecule has 0 aromatic carbocycles. The lowest BCUT2D eigenvalue weighted by Gasteiger charge is -2.31. The van der Waals surface area contributed by atoms with Gasteiger partial charge < -0.3 is 9.64 Å². The number of hydrogen-bond donors (Lipinski definition) is 0. The van der Waals surface area contributed by atoms with Crippen LogP contribution in [-0.2, 0) is 0 Å². The molecule has 1 aliphatic rings. The van der Waals surface area contributed by atoms with Gasteiger partial charge in [-0.3, -0.25) is 4.98 Å². The Balaban J connectivity index is 1.49. The summed E-state index contributed by atoms with van der Waals surface area (Å²) in [6.07, 6.45) is 8.61. The minimum Gasteiger partial charge on any atom is -0.492 e. The van der Waals surface area contributed by atoms with E-state index in [1.807, 2.05) is 0 Å². The van der Waals surface area contributed by atoms with E-state index in [1.165, 1.54) is 0 Å². The molecule has 0 spiro atoms. The van der Waals surface area contributed by atoms with Crippen LogP contribution in [0.15, 0.2) is 30.9 Å². The van der Waals surface area contributed by atoms with Crippen molar-refractivity contribution < 1.29 is 4.74 Å². The van der Waals surface area contributed by atoms with Crippen molar-refractivity contribution in [1.82, 2.24) is 15.0 Å². The third kappa shape index (κ3) is 3.78. The minimum atomic E-state index is 0.507. The van der Waals surface area contributed by atoms with Gasteiger partial charge in [0.2, 0.25) is 5.95 Å². The second-order valence-corrected chi connectivity index (χ2v) is 6.09. The summed E-state index contributed by atoms with van der Waals surface area (Å²) < 4.78 is 5.79. The zero-order valence-electron chi connectivity index (χ0n) is 12.0. The third-order valence-electron chi connectivity index (χ3n) is 3.71. The Kier molecular flexibility index (Phi) is 4.95. The Bertz CT molecular complexity index is 615. The van der Waals surface area contributed by atoms with Crippen molar-refractivity contribution in [2.24, 2.45) is 5.92 Å². The van der Waals surface area contributed by atoms with Gasteiger partial charge in [-0.2, -0.15) is 0 Å². The summed E-state index contributed by atoms with van der Waals surface area (Å²) in [5.74, 6) is 1.94. The molecule has 7 heteroatoms. The van der Waals surface area contributed by atoms with Gasteiger partial charge in [0.15, 0.2) is 0 Å². The molecule has 1 fully saturated rings. The van der Waals surface area contributed by atoms with E-state index in [0.29, 0.717) is 28.3 Å². The molecule has 116 valence electrons. The Hall–Kier alpha value is -1.59. The van der Waals surface area contributed by atoms with Crippen LogP contribution in [0.2, 0.25) is 10.0 Å². The van der Waals surface area contributed by atoms with Gasteiger partial charge in [0, 0.05) is 31.5 Å². The van der Waals surface area contributed by atoms with E-state index in [4.69, 9.17) is 27.9 Å². The number of ether oxygens (including phenoxy) is 1. The maximum absolute atomic E-state index is 6.03. The van der Waals surface area contributed by atoms with Crippen LogP contribution in [0.1, 0.15) is 12.8 Å². The Morgan fingerprint density at radius 2 is 1.86 bits per heavy atom. The summed E-state index contributed by atoms with van der Waals surface area (Å²) in [4.78, 5) is 14.6. The number of anilines is 1. The standard InChI is InChI=1S/C15H16Cl2N4O/c16-12-7-19-15(20-8-12)21-5-2-11(3-6-21)10-22-14-1-4-18-9-13(14)17/h1,4,7-9,11H,2-3,5-6,10H2. The first-order chi connectivity index (χ1) is 10.7. The predicted molar refractivity (Wildman–Crippen MR) is 86.7 cm³/mol. The number of aromatic nitrogens is 3. The van der Waals surface area contributed by atoms with E-state index >= 15 is 0 Å². The van der Waals surface area contributed by atoms with Gasteiger partial charge in [0.05, 0.1) is 24.0 Å². The summed E-state index contributed by atoms with van der Waals surface area (Å²) >= 11 is 11.8. The van der Waals surface area contributed by atoms with Gasteiger partial charge in [-0.1, -0.05) is 23.2 Å². The Morgan fingerprint density at radius 3 is 2.55 bits per heavy atom. The zero-order valence-corrected chi connectivity index (χ0v) is 13.5. The first-order valence-corrected chi connectivity index (χ1v) is 7.93. The van der Waals surface area contributed by atoms with Crippen molar-refractivity contribution in [3.63, 3.8) is 0 Å². The largest absolute Gasteiger partial charge is 0.492 e. The SMILES string of the molecule is Clc1cnc(N2CCC(COc3ccncc3Cl)CC2)nc1. The average molecular weight is 339 g/mol. The smallest absolute Gasteiger partial charge is 0.225 e. The van der Waals surface area contributed by atoms with Crippen molar-refractivity contribution in [2.45, 2.75) is 12.8 Å².